The summed E-state index contributed by atoms with van der Waals surface area (Å²) in [7, 11) is 0. The van der Waals surface area contributed by atoms with E-state index in [4.69, 9.17) is 9.84 Å². The third-order valence-corrected chi connectivity index (χ3v) is 3.24. The van der Waals surface area contributed by atoms with E-state index in [9.17, 15) is 9.59 Å². The molecule has 20 heavy (non-hydrogen) atoms. The number of amides is 1. The predicted molar refractivity (Wildman–Crippen MR) is 75.4 cm³/mol. The van der Waals surface area contributed by atoms with Crippen LogP contribution in [0.25, 0.3) is 6.08 Å². The molecule has 1 amide bonds. The summed E-state index contributed by atoms with van der Waals surface area (Å²) >= 11 is 0. The van der Waals surface area contributed by atoms with Gasteiger partial charge in [0.25, 0.3) is 0 Å². The summed E-state index contributed by atoms with van der Waals surface area (Å²) in [5, 5.41) is 11.5. The monoisotopic (exact) mass is 275 g/mol. The van der Waals surface area contributed by atoms with E-state index in [2.05, 4.69) is 5.32 Å². The molecule has 0 spiro atoms. The smallest absolute Gasteiger partial charge is 0.328 e. The fourth-order valence-electron chi connectivity index (χ4n) is 2.09. The second-order valence-electron chi connectivity index (χ2n) is 4.79. The average molecular weight is 275 g/mol. The van der Waals surface area contributed by atoms with Crippen LogP contribution in [0, 0.1) is 12.8 Å². The molecule has 0 aromatic heterocycles. The molecule has 2 N–H and O–H groups in total. The van der Waals surface area contributed by atoms with Gasteiger partial charge in [-0.25, -0.2) is 4.79 Å². The van der Waals surface area contributed by atoms with E-state index in [0.717, 1.165) is 23.6 Å². The number of carbonyl (C=O) groups is 2. The molecule has 0 saturated carbocycles. The summed E-state index contributed by atoms with van der Waals surface area (Å²) in [6, 6.07) is 5.38. The highest BCUT2D eigenvalue weighted by atomic mass is 16.5. The van der Waals surface area contributed by atoms with Crippen LogP contribution >= 0.6 is 0 Å². The molecule has 0 bridgehead atoms. The van der Waals surface area contributed by atoms with Crippen molar-refractivity contribution >= 4 is 23.6 Å². The van der Waals surface area contributed by atoms with Crippen molar-refractivity contribution in [2.75, 3.05) is 18.5 Å². The zero-order chi connectivity index (χ0) is 14.5. The van der Waals surface area contributed by atoms with Gasteiger partial charge >= 0.3 is 5.97 Å². The third kappa shape index (κ3) is 3.68. The quantitative estimate of drug-likeness (QED) is 0.825. The maximum atomic E-state index is 11.9. The Morgan fingerprint density at radius 2 is 2.25 bits per heavy atom. The van der Waals surface area contributed by atoms with Crippen molar-refractivity contribution in [3.8, 4) is 0 Å². The van der Waals surface area contributed by atoms with Gasteiger partial charge in [-0.15, -0.1) is 0 Å². The van der Waals surface area contributed by atoms with E-state index in [1.807, 2.05) is 13.0 Å². The number of hydrogen-bond donors (Lipinski definition) is 2. The topological polar surface area (TPSA) is 75.6 Å². The van der Waals surface area contributed by atoms with Gasteiger partial charge in [0.05, 0.1) is 12.5 Å². The second-order valence-corrected chi connectivity index (χ2v) is 4.79. The molecule has 1 fully saturated rings. The van der Waals surface area contributed by atoms with Gasteiger partial charge in [-0.05, 0) is 42.7 Å². The Morgan fingerprint density at radius 1 is 1.45 bits per heavy atom. The number of aliphatic carboxylic acids is 1. The molecule has 5 heteroatoms. The lowest BCUT2D eigenvalue weighted by molar-refractivity contribution is -0.131. The van der Waals surface area contributed by atoms with Gasteiger partial charge in [0.2, 0.25) is 5.91 Å². The summed E-state index contributed by atoms with van der Waals surface area (Å²) in [6.45, 7) is 2.98. The van der Waals surface area contributed by atoms with Crippen LogP contribution in [0.3, 0.4) is 0 Å². The summed E-state index contributed by atoms with van der Waals surface area (Å²) in [4.78, 5) is 22.4. The molecule has 2 rings (SSSR count). The first-order valence-electron chi connectivity index (χ1n) is 6.46. The van der Waals surface area contributed by atoms with Crippen molar-refractivity contribution in [2.45, 2.75) is 13.3 Å². The predicted octanol–water partition coefficient (Wildman–Crippen LogP) is 2.07. The van der Waals surface area contributed by atoms with Gasteiger partial charge < -0.3 is 15.2 Å². The van der Waals surface area contributed by atoms with Gasteiger partial charge in [-0.1, -0.05) is 6.07 Å². The maximum absolute atomic E-state index is 11.9. The molecule has 1 aromatic carbocycles. The maximum Gasteiger partial charge on any atom is 0.328 e. The van der Waals surface area contributed by atoms with Crippen molar-refractivity contribution in [3.63, 3.8) is 0 Å². The van der Waals surface area contributed by atoms with Crippen LogP contribution in [0.5, 0.6) is 0 Å². The molecule has 5 nitrogen and oxygen atoms in total. The lowest BCUT2D eigenvalue weighted by Crippen LogP contribution is -2.22. The Morgan fingerprint density at radius 3 is 2.85 bits per heavy atom. The number of benzene rings is 1. The number of aryl methyl sites for hydroxylation is 1. The van der Waals surface area contributed by atoms with Gasteiger partial charge in [0.15, 0.2) is 0 Å². The zero-order valence-electron chi connectivity index (χ0n) is 11.3. The van der Waals surface area contributed by atoms with Crippen LogP contribution in [0.4, 0.5) is 5.69 Å². The first-order valence-corrected chi connectivity index (χ1v) is 6.46. The highest BCUT2D eigenvalue weighted by Crippen LogP contribution is 2.19. The summed E-state index contributed by atoms with van der Waals surface area (Å²) in [5.41, 5.74) is 2.43. The molecule has 1 aliphatic heterocycles. The van der Waals surface area contributed by atoms with E-state index in [1.165, 1.54) is 6.08 Å². The zero-order valence-corrected chi connectivity index (χ0v) is 11.3. The molecule has 1 aromatic rings. The van der Waals surface area contributed by atoms with E-state index >= 15 is 0 Å². The SMILES string of the molecule is Cc1cc(NC(=O)C2CCOC2)ccc1C=CC(=O)O. The van der Waals surface area contributed by atoms with Crippen LogP contribution < -0.4 is 5.32 Å². The third-order valence-electron chi connectivity index (χ3n) is 3.24. The number of carbonyl (C=O) groups excluding carboxylic acids is 1. The van der Waals surface area contributed by atoms with Crippen LogP contribution in [0.1, 0.15) is 17.5 Å². The summed E-state index contributed by atoms with van der Waals surface area (Å²) in [6.07, 6.45) is 3.38. The fourth-order valence-corrected chi connectivity index (χ4v) is 2.09. The van der Waals surface area contributed by atoms with E-state index in [1.54, 1.807) is 12.1 Å². The minimum absolute atomic E-state index is 0.0317. The van der Waals surface area contributed by atoms with Crippen LogP contribution in [-0.2, 0) is 14.3 Å². The fraction of sp³-hybridized carbons (Fsp3) is 0.333. The van der Waals surface area contributed by atoms with Gasteiger partial charge in [0, 0.05) is 18.4 Å². The average Bonchev–Trinajstić information content (AvgIpc) is 2.91. The van der Waals surface area contributed by atoms with Crippen molar-refractivity contribution in [2.24, 2.45) is 5.92 Å². The van der Waals surface area contributed by atoms with Crippen LogP contribution in [0.2, 0.25) is 0 Å². The van der Waals surface area contributed by atoms with E-state index < -0.39 is 5.97 Å². The molecular formula is C15H17NO4. The molecule has 1 saturated heterocycles. The highest BCUT2D eigenvalue weighted by Gasteiger charge is 2.23. The number of anilines is 1. The van der Waals surface area contributed by atoms with Crippen molar-refractivity contribution in [3.05, 3.63) is 35.4 Å². The molecule has 1 heterocycles. The largest absolute Gasteiger partial charge is 0.478 e. The van der Waals surface area contributed by atoms with E-state index in [-0.39, 0.29) is 11.8 Å². The minimum atomic E-state index is -0.983. The molecule has 1 atom stereocenters. The first-order chi connectivity index (χ1) is 9.56. The lowest BCUT2D eigenvalue weighted by Gasteiger charge is -2.10. The van der Waals surface area contributed by atoms with Crippen molar-refractivity contribution in [1.82, 2.24) is 0 Å². The van der Waals surface area contributed by atoms with Crippen LogP contribution in [0.15, 0.2) is 24.3 Å². The van der Waals surface area contributed by atoms with E-state index in [0.29, 0.717) is 18.9 Å². The Labute approximate surface area is 117 Å². The number of carboxylic acid groups (broad SMARTS) is 1. The van der Waals surface area contributed by atoms with Gasteiger partial charge in [-0.3, -0.25) is 4.79 Å². The van der Waals surface area contributed by atoms with Gasteiger partial charge in [0.1, 0.15) is 0 Å². The number of hydrogen-bond acceptors (Lipinski definition) is 3. The Bertz CT molecular complexity index is 545. The minimum Gasteiger partial charge on any atom is -0.478 e. The number of rotatable bonds is 4. The Balaban J connectivity index is 2.04. The highest BCUT2D eigenvalue weighted by molar-refractivity contribution is 5.93. The number of nitrogens with one attached hydrogen (secondary N) is 1. The molecule has 106 valence electrons. The molecule has 0 aliphatic carbocycles. The molecule has 0 radical (unpaired) electrons. The summed E-state index contributed by atoms with van der Waals surface area (Å²) < 4.78 is 5.19. The standard InChI is InChI=1S/C15H17NO4/c1-10-8-13(4-2-11(10)3-5-14(17)18)16-15(19)12-6-7-20-9-12/h2-5,8,12H,6-7,9H2,1H3,(H,16,19)(H,17,18). The molecular weight excluding hydrogens is 258 g/mol. The number of carboxylic acids is 1. The second kappa shape index (κ2) is 6.34. The molecule has 1 unspecified atom stereocenters. The van der Waals surface area contributed by atoms with Gasteiger partial charge in [-0.2, -0.15) is 0 Å². The van der Waals surface area contributed by atoms with Crippen LogP contribution in [-0.4, -0.2) is 30.2 Å². The summed E-state index contributed by atoms with van der Waals surface area (Å²) in [5.74, 6) is -1.10. The van der Waals surface area contributed by atoms with Crippen molar-refractivity contribution in [1.29, 1.82) is 0 Å². The van der Waals surface area contributed by atoms with Crippen molar-refractivity contribution < 1.29 is 19.4 Å². The Kier molecular flexibility index (Phi) is 4.53. The number of ether oxygens (including phenoxy) is 1. The normalized spacial score (nSPS) is 18.4. The Hall–Kier alpha value is -2.14. The molecule has 1 aliphatic rings. The lowest BCUT2D eigenvalue weighted by atomic mass is 10.1. The first kappa shape index (κ1) is 14.3.